The Balaban J connectivity index is 2.47. The van der Waals surface area contributed by atoms with E-state index in [4.69, 9.17) is 23.2 Å². The van der Waals surface area contributed by atoms with Crippen LogP contribution in [0.5, 0.6) is 0 Å². The lowest BCUT2D eigenvalue weighted by atomic mass is 10.3. The van der Waals surface area contributed by atoms with Gasteiger partial charge in [0.1, 0.15) is 0 Å². The van der Waals surface area contributed by atoms with Crippen molar-refractivity contribution in [2.75, 3.05) is 39.0 Å². The number of hydrogen-bond acceptors (Lipinski definition) is 3. The van der Waals surface area contributed by atoms with Crippen molar-refractivity contribution in [1.29, 1.82) is 0 Å². The number of carbonyl (C=O) groups is 1. The van der Waals surface area contributed by atoms with E-state index in [1.54, 1.807) is 18.2 Å². The van der Waals surface area contributed by atoms with Crippen molar-refractivity contribution in [2.45, 2.75) is 6.42 Å². The van der Waals surface area contributed by atoms with Crippen LogP contribution in [0.15, 0.2) is 18.2 Å². The molecule has 19 heavy (non-hydrogen) atoms. The van der Waals surface area contributed by atoms with E-state index in [1.165, 1.54) is 0 Å². The van der Waals surface area contributed by atoms with E-state index in [2.05, 4.69) is 10.6 Å². The summed E-state index contributed by atoms with van der Waals surface area (Å²) in [4.78, 5) is 13.8. The number of hydrogen-bond donors (Lipinski definition) is 2. The van der Waals surface area contributed by atoms with Crippen LogP contribution in [0.25, 0.3) is 0 Å². The van der Waals surface area contributed by atoms with Gasteiger partial charge in [-0.15, -0.1) is 0 Å². The third-order valence-corrected chi connectivity index (χ3v) is 3.24. The average molecular weight is 304 g/mol. The molecule has 0 saturated carbocycles. The Morgan fingerprint density at radius 1 is 1.32 bits per heavy atom. The van der Waals surface area contributed by atoms with Gasteiger partial charge in [0.05, 0.1) is 22.3 Å². The van der Waals surface area contributed by atoms with Gasteiger partial charge in [0.25, 0.3) is 0 Å². The first-order valence-corrected chi connectivity index (χ1v) is 6.87. The maximum Gasteiger partial charge on any atom is 0.238 e. The van der Waals surface area contributed by atoms with Gasteiger partial charge in [-0.05, 0) is 45.7 Å². The third-order valence-electron chi connectivity index (χ3n) is 2.61. The van der Waals surface area contributed by atoms with Gasteiger partial charge in [-0.1, -0.05) is 29.3 Å². The number of nitrogens with zero attached hydrogens (tertiary/aromatic N) is 1. The Morgan fingerprint density at radius 2 is 1.95 bits per heavy atom. The number of anilines is 1. The summed E-state index contributed by atoms with van der Waals surface area (Å²) in [6.45, 7) is 2.10. The van der Waals surface area contributed by atoms with Gasteiger partial charge in [0.15, 0.2) is 0 Å². The minimum atomic E-state index is -0.123. The van der Waals surface area contributed by atoms with Crippen LogP contribution < -0.4 is 10.6 Å². The first-order chi connectivity index (χ1) is 9.04. The van der Waals surface area contributed by atoms with Crippen LogP contribution in [0.4, 0.5) is 5.69 Å². The molecule has 0 spiro atoms. The molecule has 6 heteroatoms. The smallest absolute Gasteiger partial charge is 0.238 e. The largest absolute Gasteiger partial charge is 0.322 e. The Kier molecular flexibility index (Phi) is 7.16. The Hall–Kier alpha value is -0.810. The highest BCUT2D eigenvalue weighted by molar-refractivity contribution is 6.39. The van der Waals surface area contributed by atoms with Crippen LogP contribution >= 0.6 is 23.2 Å². The molecule has 1 aromatic rings. The van der Waals surface area contributed by atoms with E-state index in [1.807, 2.05) is 19.0 Å². The number of nitrogens with one attached hydrogen (secondary N) is 2. The molecule has 0 unspecified atom stereocenters. The summed E-state index contributed by atoms with van der Waals surface area (Å²) < 4.78 is 0. The standard InChI is InChI=1S/C13H19Cl2N3O/c1-16-7-4-8-18(2)9-12(19)17-13-10(14)5-3-6-11(13)15/h3,5-6,16H,4,7-9H2,1-2H3,(H,17,19). The first-order valence-electron chi connectivity index (χ1n) is 6.11. The number of likely N-dealkylation sites (N-methyl/N-ethyl adjacent to an activating group) is 1. The second-order valence-electron chi connectivity index (χ2n) is 4.34. The molecule has 106 valence electrons. The van der Waals surface area contributed by atoms with E-state index < -0.39 is 0 Å². The number of benzene rings is 1. The van der Waals surface area contributed by atoms with E-state index >= 15 is 0 Å². The lowest BCUT2D eigenvalue weighted by Crippen LogP contribution is -2.32. The predicted octanol–water partition coefficient (Wildman–Crippen LogP) is 2.47. The van der Waals surface area contributed by atoms with Crippen LogP contribution in [-0.4, -0.2) is 44.5 Å². The highest BCUT2D eigenvalue weighted by atomic mass is 35.5. The molecule has 1 rings (SSSR count). The fourth-order valence-electron chi connectivity index (χ4n) is 1.65. The van der Waals surface area contributed by atoms with E-state index in [9.17, 15) is 4.79 Å². The molecule has 0 saturated heterocycles. The number of amides is 1. The van der Waals surface area contributed by atoms with Crippen LogP contribution in [0.3, 0.4) is 0 Å². The summed E-state index contributed by atoms with van der Waals surface area (Å²) in [5, 5.41) is 6.70. The maximum absolute atomic E-state index is 11.9. The highest BCUT2D eigenvalue weighted by Gasteiger charge is 2.11. The van der Waals surface area contributed by atoms with Crippen molar-refractivity contribution in [2.24, 2.45) is 0 Å². The van der Waals surface area contributed by atoms with E-state index in [-0.39, 0.29) is 5.91 Å². The zero-order chi connectivity index (χ0) is 14.3. The zero-order valence-electron chi connectivity index (χ0n) is 11.2. The predicted molar refractivity (Wildman–Crippen MR) is 81.1 cm³/mol. The zero-order valence-corrected chi connectivity index (χ0v) is 12.7. The summed E-state index contributed by atoms with van der Waals surface area (Å²) in [5.74, 6) is -0.123. The molecule has 0 aliphatic carbocycles. The molecule has 2 N–H and O–H groups in total. The van der Waals surface area contributed by atoms with E-state index in [0.717, 1.165) is 19.5 Å². The van der Waals surface area contributed by atoms with Crippen molar-refractivity contribution in [3.05, 3.63) is 28.2 Å². The van der Waals surface area contributed by atoms with Crippen molar-refractivity contribution in [3.8, 4) is 0 Å². The van der Waals surface area contributed by atoms with Gasteiger partial charge >= 0.3 is 0 Å². The van der Waals surface area contributed by atoms with Gasteiger partial charge in [-0.3, -0.25) is 9.69 Å². The summed E-state index contributed by atoms with van der Waals surface area (Å²) in [5.41, 5.74) is 0.472. The molecule has 0 fully saturated rings. The fourth-order valence-corrected chi connectivity index (χ4v) is 2.14. The second-order valence-corrected chi connectivity index (χ2v) is 5.15. The second kappa shape index (κ2) is 8.38. The van der Waals surface area contributed by atoms with Crippen LogP contribution in [0.1, 0.15) is 6.42 Å². The van der Waals surface area contributed by atoms with Gasteiger partial charge < -0.3 is 10.6 Å². The average Bonchev–Trinajstić information content (AvgIpc) is 2.34. The minimum absolute atomic E-state index is 0.123. The first kappa shape index (κ1) is 16.2. The number of carbonyl (C=O) groups excluding carboxylic acids is 1. The van der Waals surface area contributed by atoms with Crippen molar-refractivity contribution < 1.29 is 4.79 Å². The summed E-state index contributed by atoms with van der Waals surface area (Å²) in [6.07, 6.45) is 0.993. The minimum Gasteiger partial charge on any atom is -0.322 e. The maximum atomic E-state index is 11.9. The van der Waals surface area contributed by atoms with E-state index in [0.29, 0.717) is 22.3 Å². The topological polar surface area (TPSA) is 44.4 Å². The molecule has 0 aliphatic heterocycles. The molecule has 4 nitrogen and oxygen atoms in total. The molecule has 0 bridgehead atoms. The Bertz CT molecular complexity index is 406. The lowest BCUT2D eigenvalue weighted by molar-refractivity contribution is -0.117. The van der Waals surface area contributed by atoms with Crippen molar-refractivity contribution in [1.82, 2.24) is 10.2 Å². The molecule has 0 atom stereocenters. The molecule has 1 amide bonds. The molecule has 0 heterocycles. The summed E-state index contributed by atoms with van der Waals surface area (Å²) in [6, 6.07) is 5.13. The number of rotatable bonds is 7. The number of halogens is 2. The third kappa shape index (κ3) is 5.78. The highest BCUT2D eigenvalue weighted by Crippen LogP contribution is 2.29. The summed E-state index contributed by atoms with van der Waals surface area (Å²) >= 11 is 12.0. The Labute approximate surface area is 124 Å². The molecule has 1 aromatic carbocycles. The van der Waals surface area contributed by atoms with Gasteiger partial charge in [0.2, 0.25) is 5.91 Å². The molecular formula is C13H19Cl2N3O. The number of para-hydroxylation sites is 1. The van der Waals surface area contributed by atoms with Crippen molar-refractivity contribution in [3.63, 3.8) is 0 Å². The normalized spacial score (nSPS) is 10.8. The molecular weight excluding hydrogens is 285 g/mol. The quantitative estimate of drug-likeness (QED) is 0.761. The monoisotopic (exact) mass is 303 g/mol. The Morgan fingerprint density at radius 3 is 2.53 bits per heavy atom. The fraction of sp³-hybridized carbons (Fsp3) is 0.462. The lowest BCUT2D eigenvalue weighted by Gasteiger charge is -2.16. The van der Waals surface area contributed by atoms with Crippen LogP contribution in [0, 0.1) is 0 Å². The summed E-state index contributed by atoms with van der Waals surface area (Å²) in [7, 11) is 3.82. The SMILES string of the molecule is CNCCCN(C)CC(=O)Nc1c(Cl)cccc1Cl. The van der Waals surface area contributed by atoms with Crippen molar-refractivity contribution >= 4 is 34.8 Å². The molecule has 0 radical (unpaired) electrons. The van der Waals surface area contributed by atoms with Crippen LogP contribution in [0.2, 0.25) is 10.0 Å². The van der Waals surface area contributed by atoms with Gasteiger partial charge in [0, 0.05) is 0 Å². The molecule has 0 aliphatic rings. The molecule has 0 aromatic heterocycles. The van der Waals surface area contributed by atoms with Gasteiger partial charge in [-0.2, -0.15) is 0 Å². The van der Waals surface area contributed by atoms with Gasteiger partial charge in [-0.25, -0.2) is 0 Å². The van der Waals surface area contributed by atoms with Crippen LogP contribution in [-0.2, 0) is 4.79 Å².